The van der Waals surface area contributed by atoms with Gasteiger partial charge >= 0.3 is 0 Å². The van der Waals surface area contributed by atoms with Crippen LogP contribution in [0.4, 0.5) is 10.7 Å². The summed E-state index contributed by atoms with van der Waals surface area (Å²) < 4.78 is 0. The monoisotopic (exact) mass is 306 g/mol. The van der Waals surface area contributed by atoms with E-state index in [-0.39, 0.29) is 5.78 Å². The smallest absolute Gasteiger partial charge is 0.171 e. The number of thioether (sulfide) groups is 1. The molecule has 1 aromatic carbocycles. The van der Waals surface area contributed by atoms with Crippen molar-refractivity contribution in [2.45, 2.75) is 25.3 Å². The van der Waals surface area contributed by atoms with Crippen molar-refractivity contribution in [1.82, 2.24) is 0 Å². The molecule has 106 valence electrons. The molecular formula is C15H18N2OS2. The molecule has 0 aliphatic rings. The Morgan fingerprint density at radius 2 is 2.20 bits per heavy atom. The van der Waals surface area contributed by atoms with Crippen molar-refractivity contribution < 1.29 is 4.79 Å². The number of rotatable bonds is 5. The molecule has 0 fully saturated rings. The van der Waals surface area contributed by atoms with E-state index in [1.807, 2.05) is 12.3 Å². The van der Waals surface area contributed by atoms with E-state index in [4.69, 9.17) is 5.73 Å². The zero-order valence-electron chi connectivity index (χ0n) is 11.8. The molecule has 3 N–H and O–H groups in total. The van der Waals surface area contributed by atoms with E-state index < -0.39 is 0 Å². The summed E-state index contributed by atoms with van der Waals surface area (Å²) in [5, 5.41) is 4.36. The van der Waals surface area contributed by atoms with Gasteiger partial charge in [-0.25, -0.2) is 0 Å². The average molecular weight is 306 g/mol. The molecule has 0 aliphatic carbocycles. The van der Waals surface area contributed by atoms with Gasteiger partial charge in [0.05, 0.1) is 15.5 Å². The standard InChI is InChI=1S/C15H18N2OS2/c1-9-5-4-6-11(7-9)8-17-15-14(19-3)12(16)13(20-15)10(2)18/h4-7,17H,8,16H2,1-3H3. The predicted molar refractivity (Wildman–Crippen MR) is 89.0 cm³/mol. The highest BCUT2D eigenvalue weighted by molar-refractivity contribution is 7.99. The van der Waals surface area contributed by atoms with Gasteiger partial charge in [0.2, 0.25) is 0 Å². The van der Waals surface area contributed by atoms with E-state index in [9.17, 15) is 4.79 Å². The third-order valence-corrected chi connectivity index (χ3v) is 5.18. The van der Waals surface area contributed by atoms with Crippen molar-refractivity contribution in [3.8, 4) is 0 Å². The van der Waals surface area contributed by atoms with Crippen molar-refractivity contribution in [1.29, 1.82) is 0 Å². The lowest BCUT2D eigenvalue weighted by molar-refractivity contribution is 0.102. The van der Waals surface area contributed by atoms with Crippen LogP contribution in [0.25, 0.3) is 0 Å². The first-order valence-corrected chi connectivity index (χ1v) is 8.33. The highest BCUT2D eigenvalue weighted by atomic mass is 32.2. The number of hydrogen-bond donors (Lipinski definition) is 2. The predicted octanol–water partition coefficient (Wildman–Crippen LogP) is 4.18. The van der Waals surface area contributed by atoms with Crippen LogP contribution in [-0.4, -0.2) is 12.0 Å². The summed E-state index contributed by atoms with van der Waals surface area (Å²) in [5.41, 5.74) is 9.09. The van der Waals surface area contributed by atoms with Crippen LogP contribution in [-0.2, 0) is 6.54 Å². The number of nitrogens with two attached hydrogens (primary N) is 1. The molecule has 0 saturated heterocycles. The number of aryl methyl sites for hydroxylation is 1. The van der Waals surface area contributed by atoms with Gasteiger partial charge < -0.3 is 11.1 Å². The minimum absolute atomic E-state index is 0.0198. The van der Waals surface area contributed by atoms with Gasteiger partial charge in [-0.1, -0.05) is 29.8 Å². The van der Waals surface area contributed by atoms with Crippen LogP contribution in [0.1, 0.15) is 27.7 Å². The number of benzene rings is 1. The fourth-order valence-electron chi connectivity index (χ4n) is 2.01. The molecule has 1 heterocycles. The van der Waals surface area contributed by atoms with Crippen LogP contribution in [0, 0.1) is 6.92 Å². The fourth-order valence-corrected chi connectivity index (χ4v) is 3.94. The normalized spacial score (nSPS) is 10.6. The molecule has 1 aromatic heterocycles. The lowest BCUT2D eigenvalue weighted by Gasteiger charge is -2.07. The Morgan fingerprint density at radius 3 is 2.80 bits per heavy atom. The maximum absolute atomic E-state index is 11.6. The zero-order chi connectivity index (χ0) is 14.7. The van der Waals surface area contributed by atoms with Crippen LogP contribution >= 0.6 is 23.1 Å². The van der Waals surface area contributed by atoms with Crippen molar-refractivity contribution in [2.75, 3.05) is 17.3 Å². The maximum Gasteiger partial charge on any atom is 0.171 e. The summed E-state index contributed by atoms with van der Waals surface area (Å²) in [6.07, 6.45) is 1.97. The Hall–Kier alpha value is -1.46. The maximum atomic E-state index is 11.6. The number of anilines is 2. The van der Waals surface area contributed by atoms with Crippen LogP contribution in [0.5, 0.6) is 0 Å². The topological polar surface area (TPSA) is 55.1 Å². The summed E-state index contributed by atoms with van der Waals surface area (Å²) in [5.74, 6) is 0.0198. The average Bonchev–Trinajstić information content (AvgIpc) is 2.73. The van der Waals surface area contributed by atoms with Crippen LogP contribution in [0.3, 0.4) is 0 Å². The number of hydrogen-bond acceptors (Lipinski definition) is 5. The zero-order valence-corrected chi connectivity index (χ0v) is 13.5. The first-order valence-electron chi connectivity index (χ1n) is 6.29. The number of thiophene rings is 1. The Bertz CT molecular complexity index is 635. The molecule has 5 heteroatoms. The van der Waals surface area contributed by atoms with Gasteiger partial charge in [0, 0.05) is 13.5 Å². The summed E-state index contributed by atoms with van der Waals surface area (Å²) >= 11 is 3.01. The molecule has 3 nitrogen and oxygen atoms in total. The number of ketones is 1. The third kappa shape index (κ3) is 3.16. The molecule has 0 saturated carbocycles. The first kappa shape index (κ1) is 14.9. The van der Waals surface area contributed by atoms with E-state index in [0.717, 1.165) is 16.4 Å². The van der Waals surface area contributed by atoms with E-state index in [1.165, 1.54) is 22.5 Å². The second-order valence-corrected chi connectivity index (χ2v) is 6.44. The van der Waals surface area contributed by atoms with Gasteiger partial charge in [0.25, 0.3) is 0 Å². The minimum Gasteiger partial charge on any atom is -0.396 e. The van der Waals surface area contributed by atoms with Crippen LogP contribution in [0.2, 0.25) is 0 Å². The summed E-state index contributed by atoms with van der Waals surface area (Å²) in [4.78, 5) is 13.2. The van der Waals surface area contributed by atoms with Crippen molar-refractivity contribution in [3.05, 3.63) is 40.3 Å². The SMILES string of the molecule is CSc1c(NCc2cccc(C)c2)sc(C(C)=O)c1N. The van der Waals surface area contributed by atoms with Crippen LogP contribution < -0.4 is 11.1 Å². The number of carbonyl (C=O) groups is 1. The van der Waals surface area contributed by atoms with Crippen molar-refractivity contribution in [3.63, 3.8) is 0 Å². The van der Waals surface area contributed by atoms with Gasteiger partial charge in [-0.2, -0.15) is 0 Å². The molecule has 2 aromatic rings. The molecule has 20 heavy (non-hydrogen) atoms. The highest BCUT2D eigenvalue weighted by Crippen LogP contribution is 2.41. The van der Waals surface area contributed by atoms with Gasteiger partial charge in [-0.3, -0.25) is 4.79 Å². The largest absolute Gasteiger partial charge is 0.396 e. The van der Waals surface area contributed by atoms with Crippen LogP contribution in [0.15, 0.2) is 29.2 Å². The molecule has 0 radical (unpaired) electrons. The quantitative estimate of drug-likeness (QED) is 0.643. The molecule has 0 aliphatic heterocycles. The Balaban J connectivity index is 2.21. The number of carbonyl (C=O) groups excluding carboxylic acids is 1. The Morgan fingerprint density at radius 1 is 1.45 bits per heavy atom. The van der Waals surface area contributed by atoms with Gasteiger partial charge in [0.1, 0.15) is 5.00 Å². The number of Topliss-reactive ketones (excluding diaryl/α,β-unsaturated/α-hetero) is 1. The van der Waals surface area contributed by atoms with E-state index in [1.54, 1.807) is 18.7 Å². The Kier molecular flexibility index (Phi) is 4.73. The second kappa shape index (κ2) is 6.33. The second-order valence-electron chi connectivity index (χ2n) is 4.61. The minimum atomic E-state index is 0.0198. The van der Waals surface area contributed by atoms with Crippen molar-refractivity contribution in [2.24, 2.45) is 0 Å². The van der Waals surface area contributed by atoms with Gasteiger partial charge in [-0.05, 0) is 18.7 Å². The Labute approximate surface area is 127 Å². The molecule has 0 amide bonds. The summed E-state index contributed by atoms with van der Waals surface area (Å²) in [6, 6.07) is 8.36. The number of nitrogen functional groups attached to an aromatic ring is 1. The lowest BCUT2D eigenvalue weighted by Crippen LogP contribution is -1.99. The van der Waals surface area contributed by atoms with Crippen molar-refractivity contribution >= 4 is 39.6 Å². The fraction of sp³-hybridized carbons (Fsp3) is 0.267. The molecule has 0 unspecified atom stereocenters. The number of nitrogens with one attached hydrogen (secondary N) is 1. The van der Waals surface area contributed by atoms with Gasteiger partial charge in [-0.15, -0.1) is 23.1 Å². The molecule has 0 atom stereocenters. The van der Waals surface area contributed by atoms with E-state index in [0.29, 0.717) is 10.6 Å². The molecule has 2 rings (SSSR count). The van der Waals surface area contributed by atoms with E-state index >= 15 is 0 Å². The highest BCUT2D eigenvalue weighted by Gasteiger charge is 2.17. The third-order valence-electron chi connectivity index (χ3n) is 2.96. The summed E-state index contributed by atoms with van der Waals surface area (Å²) in [7, 11) is 0. The first-order chi connectivity index (χ1) is 9.52. The summed E-state index contributed by atoms with van der Waals surface area (Å²) in [6.45, 7) is 4.36. The molecule has 0 spiro atoms. The van der Waals surface area contributed by atoms with Gasteiger partial charge in [0.15, 0.2) is 5.78 Å². The van der Waals surface area contributed by atoms with E-state index in [2.05, 4.69) is 30.4 Å². The molecular weight excluding hydrogens is 288 g/mol. The molecule has 0 bridgehead atoms. The lowest BCUT2D eigenvalue weighted by atomic mass is 10.1.